The molecule has 0 unspecified atom stereocenters. The number of hydrogen-bond donors (Lipinski definition) is 0. The monoisotopic (exact) mass is 330 g/mol. The highest BCUT2D eigenvalue weighted by Crippen LogP contribution is 2.23. The van der Waals surface area contributed by atoms with E-state index in [-0.39, 0.29) is 0 Å². The van der Waals surface area contributed by atoms with Gasteiger partial charge in [-0.15, -0.1) is 0 Å². The molecule has 0 saturated carbocycles. The Morgan fingerprint density at radius 3 is 3.05 bits per heavy atom. The summed E-state index contributed by atoms with van der Waals surface area (Å²) in [6, 6.07) is 9.26. The molecule has 3 rings (SSSR count). The SMILES string of the molecule is O=Cc1cc(Br)ccc1OCc1cccn2ccnc12. The zero-order valence-corrected chi connectivity index (χ0v) is 12.1. The first-order valence-corrected chi connectivity index (χ1v) is 6.85. The van der Waals surface area contributed by atoms with Crippen LogP contribution in [-0.2, 0) is 6.61 Å². The number of carbonyl (C=O) groups is 1. The molecule has 0 fully saturated rings. The van der Waals surface area contributed by atoms with E-state index in [1.54, 1.807) is 18.3 Å². The highest BCUT2D eigenvalue weighted by molar-refractivity contribution is 9.10. The van der Waals surface area contributed by atoms with E-state index in [0.29, 0.717) is 17.9 Å². The van der Waals surface area contributed by atoms with Crippen LogP contribution < -0.4 is 4.74 Å². The highest BCUT2D eigenvalue weighted by Gasteiger charge is 2.06. The van der Waals surface area contributed by atoms with Gasteiger partial charge in [0.1, 0.15) is 18.0 Å². The Kier molecular flexibility index (Phi) is 3.52. The fraction of sp³-hybridized carbons (Fsp3) is 0.0667. The van der Waals surface area contributed by atoms with Crippen molar-refractivity contribution in [2.45, 2.75) is 6.61 Å². The molecule has 100 valence electrons. The van der Waals surface area contributed by atoms with Gasteiger partial charge in [-0.05, 0) is 24.3 Å². The molecule has 0 aliphatic carbocycles. The van der Waals surface area contributed by atoms with Crippen LogP contribution in [0, 0.1) is 0 Å². The van der Waals surface area contributed by atoms with Gasteiger partial charge in [0.2, 0.25) is 0 Å². The Morgan fingerprint density at radius 2 is 2.20 bits per heavy atom. The second kappa shape index (κ2) is 5.46. The van der Waals surface area contributed by atoms with Crippen LogP contribution in [0.5, 0.6) is 5.75 Å². The maximum atomic E-state index is 11.0. The standard InChI is InChI=1S/C15H11BrN2O2/c16-13-3-4-14(12(8-13)9-19)20-10-11-2-1-6-18-7-5-17-15(11)18/h1-9H,10H2. The third-order valence-electron chi connectivity index (χ3n) is 2.98. The van der Waals surface area contributed by atoms with Crippen molar-refractivity contribution in [3.63, 3.8) is 0 Å². The number of ether oxygens (including phenoxy) is 1. The molecule has 5 heteroatoms. The van der Waals surface area contributed by atoms with E-state index < -0.39 is 0 Å². The quantitative estimate of drug-likeness (QED) is 0.688. The number of rotatable bonds is 4. The number of aldehydes is 1. The minimum Gasteiger partial charge on any atom is -0.488 e. The zero-order valence-electron chi connectivity index (χ0n) is 10.5. The van der Waals surface area contributed by atoms with Gasteiger partial charge in [-0.3, -0.25) is 4.79 Å². The molecule has 0 aliphatic heterocycles. The van der Waals surface area contributed by atoms with E-state index in [0.717, 1.165) is 22.0 Å². The molecule has 3 aromatic rings. The van der Waals surface area contributed by atoms with Crippen molar-refractivity contribution in [1.82, 2.24) is 9.38 Å². The zero-order chi connectivity index (χ0) is 13.9. The summed E-state index contributed by atoms with van der Waals surface area (Å²) in [7, 11) is 0. The van der Waals surface area contributed by atoms with Crippen molar-refractivity contribution in [1.29, 1.82) is 0 Å². The van der Waals surface area contributed by atoms with E-state index in [1.165, 1.54) is 0 Å². The summed E-state index contributed by atoms with van der Waals surface area (Å²) in [6.45, 7) is 0.365. The van der Waals surface area contributed by atoms with Crippen LogP contribution in [0.25, 0.3) is 5.65 Å². The summed E-state index contributed by atoms with van der Waals surface area (Å²) in [6.07, 6.45) is 6.35. The minimum atomic E-state index is 0.365. The Balaban J connectivity index is 1.86. The maximum Gasteiger partial charge on any atom is 0.153 e. The van der Waals surface area contributed by atoms with E-state index in [2.05, 4.69) is 20.9 Å². The van der Waals surface area contributed by atoms with Gasteiger partial charge in [0.15, 0.2) is 6.29 Å². The van der Waals surface area contributed by atoms with Crippen molar-refractivity contribution in [2.24, 2.45) is 0 Å². The van der Waals surface area contributed by atoms with Gasteiger partial charge in [0, 0.05) is 28.6 Å². The molecule has 2 aromatic heterocycles. The molecule has 20 heavy (non-hydrogen) atoms. The molecule has 0 aliphatic rings. The van der Waals surface area contributed by atoms with Crippen LogP contribution >= 0.6 is 15.9 Å². The van der Waals surface area contributed by atoms with Crippen molar-refractivity contribution in [3.05, 3.63) is 64.5 Å². The molecule has 0 atom stereocenters. The number of benzene rings is 1. The summed E-state index contributed by atoms with van der Waals surface area (Å²) < 4.78 is 8.52. The average molecular weight is 331 g/mol. The first-order valence-electron chi connectivity index (χ1n) is 6.06. The fourth-order valence-electron chi connectivity index (χ4n) is 2.02. The second-order valence-corrected chi connectivity index (χ2v) is 5.20. The van der Waals surface area contributed by atoms with Gasteiger partial charge in [-0.2, -0.15) is 0 Å². The molecule has 1 aromatic carbocycles. The van der Waals surface area contributed by atoms with E-state index in [4.69, 9.17) is 4.74 Å². The number of fused-ring (bicyclic) bond motifs is 1. The summed E-state index contributed by atoms with van der Waals surface area (Å²) in [5.74, 6) is 0.566. The summed E-state index contributed by atoms with van der Waals surface area (Å²) in [5, 5.41) is 0. The van der Waals surface area contributed by atoms with Gasteiger partial charge >= 0.3 is 0 Å². The lowest BCUT2D eigenvalue weighted by Crippen LogP contribution is -2.00. The number of carbonyl (C=O) groups excluding carboxylic acids is 1. The van der Waals surface area contributed by atoms with Crippen molar-refractivity contribution < 1.29 is 9.53 Å². The molecule has 4 nitrogen and oxygen atoms in total. The van der Waals surface area contributed by atoms with Gasteiger partial charge in [-0.1, -0.05) is 22.0 Å². The van der Waals surface area contributed by atoms with Crippen molar-refractivity contribution >= 4 is 27.9 Å². The van der Waals surface area contributed by atoms with Crippen LogP contribution in [-0.4, -0.2) is 15.7 Å². The molecular weight excluding hydrogens is 320 g/mol. The summed E-state index contributed by atoms with van der Waals surface area (Å²) >= 11 is 3.33. The van der Waals surface area contributed by atoms with Gasteiger partial charge in [-0.25, -0.2) is 4.98 Å². The normalized spacial score (nSPS) is 10.7. The van der Waals surface area contributed by atoms with Crippen molar-refractivity contribution in [3.8, 4) is 5.75 Å². The lowest BCUT2D eigenvalue weighted by molar-refractivity contribution is 0.111. The lowest BCUT2D eigenvalue weighted by Gasteiger charge is -2.09. The summed E-state index contributed by atoms with van der Waals surface area (Å²) in [5.41, 5.74) is 2.35. The predicted molar refractivity (Wildman–Crippen MR) is 79.1 cm³/mol. The predicted octanol–water partition coefficient (Wildman–Crippen LogP) is 3.49. The molecule has 0 amide bonds. The van der Waals surface area contributed by atoms with Crippen LogP contribution in [0.3, 0.4) is 0 Å². The maximum absolute atomic E-state index is 11.0. The molecule has 2 heterocycles. The molecule has 0 radical (unpaired) electrons. The number of nitrogens with zero attached hydrogens (tertiary/aromatic N) is 2. The van der Waals surface area contributed by atoms with E-state index in [1.807, 2.05) is 35.0 Å². The Bertz CT molecular complexity index is 767. The van der Waals surface area contributed by atoms with Gasteiger partial charge in [0.05, 0.1) is 5.56 Å². The van der Waals surface area contributed by atoms with Gasteiger partial charge < -0.3 is 9.14 Å². The first kappa shape index (κ1) is 12.9. The number of halogens is 1. The fourth-order valence-corrected chi connectivity index (χ4v) is 2.40. The Hall–Kier alpha value is -2.14. The van der Waals surface area contributed by atoms with Crippen LogP contribution in [0.2, 0.25) is 0 Å². The lowest BCUT2D eigenvalue weighted by atomic mass is 10.2. The molecule has 0 spiro atoms. The molecule has 0 saturated heterocycles. The second-order valence-electron chi connectivity index (χ2n) is 4.28. The Morgan fingerprint density at radius 1 is 1.30 bits per heavy atom. The number of imidazole rings is 1. The molecule has 0 N–H and O–H groups in total. The average Bonchev–Trinajstić information content (AvgIpc) is 2.94. The van der Waals surface area contributed by atoms with E-state index in [9.17, 15) is 4.79 Å². The molecule has 0 bridgehead atoms. The Labute approximate surface area is 124 Å². The van der Waals surface area contributed by atoms with Crippen LogP contribution in [0.1, 0.15) is 15.9 Å². The minimum absolute atomic E-state index is 0.365. The number of aromatic nitrogens is 2. The first-order chi connectivity index (χ1) is 9.78. The third-order valence-corrected chi connectivity index (χ3v) is 3.48. The highest BCUT2D eigenvalue weighted by atomic mass is 79.9. The third kappa shape index (κ3) is 2.44. The van der Waals surface area contributed by atoms with Gasteiger partial charge in [0.25, 0.3) is 0 Å². The molecular formula is C15H11BrN2O2. The number of pyridine rings is 1. The van der Waals surface area contributed by atoms with Crippen LogP contribution in [0.4, 0.5) is 0 Å². The largest absolute Gasteiger partial charge is 0.488 e. The van der Waals surface area contributed by atoms with Crippen LogP contribution in [0.15, 0.2) is 53.4 Å². The van der Waals surface area contributed by atoms with Crippen molar-refractivity contribution in [2.75, 3.05) is 0 Å². The summed E-state index contributed by atoms with van der Waals surface area (Å²) in [4.78, 5) is 15.3. The smallest absolute Gasteiger partial charge is 0.153 e. The van der Waals surface area contributed by atoms with E-state index >= 15 is 0 Å². The number of hydrogen-bond acceptors (Lipinski definition) is 3. The topological polar surface area (TPSA) is 43.6 Å².